The molecule has 0 aromatic carbocycles. The summed E-state index contributed by atoms with van der Waals surface area (Å²) in [6.45, 7) is 6.21. The highest BCUT2D eigenvalue weighted by atomic mass is 16.6. The average Bonchev–Trinajstić information content (AvgIpc) is 3.12. The Morgan fingerprint density at radius 3 is 1.51 bits per heavy atom. The van der Waals surface area contributed by atoms with Gasteiger partial charge in [0.25, 0.3) is 0 Å². The van der Waals surface area contributed by atoms with E-state index in [1.165, 1.54) is 25.7 Å². The predicted octanol–water partition coefficient (Wildman–Crippen LogP) is 12.5. The molecule has 0 saturated heterocycles. The molecule has 0 aliphatic heterocycles. The molecular formula is C45H72O6. The summed E-state index contributed by atoms with van der Waals surface area (Å²) in [6, 6.07) is 0. The molecule has 0 aliphatic rings. The molecule has 288 valence electrons. The van der Waals surface area contributed by atoms with Crippen LogP contribution in [0.1, 0.15) is 162 Å². The molecule has 0 bridgehead atoms. The van der Waals surface area contributed by atoms with Gasteiger partial charge in [0.2, 0.25) is 0 Å². The van der Waals surface area contributed by atoms with Crippen molar-refractivity contribution >= 4 is 17.9 Å². The maximum Gasteiger partial charge on any atom is 0.306 e. The van der Waals surface area contributed by atoms with Crippen molar-refractivity contribution in [2.45, 2.75) is 168 Å². The summed E-state index contributed by atoms with van der Waals surface area (Å²) in [4.78, 5) is 37.4. The van der Waals surface area contributed by atoms with Crippen LogP contribution >= 0.6 is 0 Å². The monoisotopic (exact) mass is 709 g/mol. The SMILES string of the molecule is CC\C=C/C=C\C=C/CCCCCCCC(=O)OCC(COC(=O)CCC/C=C\CCCCCC)OC(=O)CCC/C=C\C/C=C\C/C=C\CC. The van der Waals surface area contributed by atoms with Crippen LogP contribution < -0.4 is 0 Å². The molecule has 0 aliphatic carbocycles. The molecule has 0 aromatic rings. The summed E-state index contributed by atoms with van der Waals surface area (Å²) in [6.07, 6.45) is 48.7. The van der Waals surface area contributed by atoms with Crippen molar-refractivity contribution in [1.82, 2.24) is 0 Å². The van der Waals surface area contributed by atoms with Gasteiger partial charge in [0, 0.05) is 19.3 Å². The summed E-state index contributed by atoms with van der Waals surface area (Å²) in [5, 5.41) is 0. The first-order valence-corrected chi connectivity index (χ1v) is 20.1. The Kier molecular flexibility index (Phi) is 36.7. The fraction of sp³-hybridized carbons (Fsp3) is 0.622. The molecule has 0 aromatic heterocycles. The van der Waals surface area contributed by atoms with Crippen molar-refractivity contribution < 1.29 is 28.6 Å². The summed E-state index contributed by atoms with van der Waals surface area (Å²) in [5.41, 5.74) is 0. The van der Waals surface area contributed by atoms with E-state index in [9.17, 15) is 14.4 Å². The molecule has 0 fully saturated rings. The highest BCUT2D eigenvalue weighted by Gasteiger charge is 2.19. The second kappa shape index (κ2) is 39.4. The van der Waals surface area contributed by atoms with Crippen molar-refractivity contribution in [1.29, 1.82) is 0 Å². The van der Waals surface area contributed by atoms with E-state index < -0.39 is 6.10 Å². The fourth-order valence-electron chi connectivity index (χ4n) is 4.94. The molecule has 6 heteroatoms. The van der Waals surface area contributed by atoms with Gasteiger partial charge in [0.1, 0.15) is 13.2 Å². The molecule has 6 nitrogen and oxygen atoms in total. The van der Waals surface area contributed by atoms with Gasteiger partial charge in [-0.2, -0.15) is 0 Å². The van der Waals surface area contributed by atoms with Crippen LogP contribution in [0.5, 0.6) is 0 Å². The normalized spacial score (nSPS) is 12.9. The second-order valence-corrected chi connectivity index (χ2v) is 12.8. The van der Waals surface area contributed by atoms with Crippen LogP contribution in [0.15, 0.2) is 85.1 Å². The Bertz CT molecular complexity index is 1040. The van der Waals surface area contributed by atoms with E-state index in [1.54, 1.807) is 0 Å². The zero-order valence-corrected chi connectivity index (χ0v) is 32.6. The van der Waals surface area contributed by atoms with Gasteiger partial charge in [0.05, 0.1) is 0 Å². The van der Waals surface area contributed by atoms with Crippen LogP contribution in [0.3, 0.4) is 0 Å². The molecule has 0 spiro atoms. The smallest absolute Gasteiger partial charge is 0.306 e. The maximum atomic E-state index is 12.6. The maximum absolute atomic E-state index is 12.6. The third kappa shape index (κ3) is 37.7. The second-order valence-electron chi connectivity index (χ2n) is 12.8. The van der Waals surface area contributed by atoms with Crippen LogP contribution in [0, 0.1) is 0 Å². The van der Waals surface area contributed by atoms with Crippen LogP contribution in [-0.2, 0) is 28.6 Å². The molecule has 0 rings (SSSR count). The van der Waals surface area contributed by atoms with E-state index in [0.717, 1.165) is 83.5 Å². The number of hydrogen-bond acceptors (Lipinski definition) is 6. The summed E-state index contributed by atoms with van der Waals surface area (Å²) >= 11 is 0. The lowest BCUT2D eigenvalue weighted by Gasteiger charge is -2.18. The van der Waals surface area contributed by atoms with Crippen LogP contribution in [-0.4, -0.2) is 37.2 Å². The van der Waals surface area contributed by atoms with Crippen LogP contribution in [0.25, 0.3) is 0 Å². The third-order valence-electron chi connectivity index (χ3n) is 7.93. The number of hydrogen-bond donors (Lipinski definition) is 0. The number of carbonyl (C=O) groups is 3. The van der Waals surface area contributed by atoms with E-state index in [1.807, 2.05) is 6.08 Å². The first-order chi connectivity index (χ1) is 25.0. The van der Waals surface area contributed by atoms with E-state index >= 15 is 0 Å². The van der Waals surface area contributed by atoms with Crippen molar-refractivity contribution in [3.05, 3.63) is 85.1 Å². The standard InChI is InChI=1S/C45H72O6/c1-4-7-10-13-16-19-21-22-24-26-29-32-35-38-44(47)50-41-42(40-49-43(46)37-34-31-28-25-18-15-12-9-6-3)51-45(48)39-36-33-30-27-23-20-17-14-11-8-5-2/h7-8,10-11,13,16-17,19-21,25,27-28,30,42H,4-6,9,12,14-15,18,22-24,26,29,31-41H2,1-3H3/b10-7-,11-8-,16-13-,20-17-,21-19-,28-25-,30-27-. The quantitative estimate of drug-likeness (QED) is 0.0218. The molecule has 1 atom stereocenters. The lowest BCUT2D eigenvalue weighted by molar-refractivity contribution is -0.167. The molecular weight excluding hydrogens is 636 g/mol. The minimum atomic E-state index is -0.818. The van der Waals surface area contributed by atoms with Gasteiger partial charge in [-0.3, -0.25) is 14.4 Å². The largest absolute Gasteiger partial charge is 0.462 e. The number of ether oxygens (including phenoxy) is 3. The lowest BCUT2D eigenvalue weighted by atomic mass is 10.1. The minimum Gasteiger partial charge on any atom is -0.462 e. The highest BCUT2D eigenvalue weighted by molar-refractivity contribution is 5.71. The van der Waals surface area contributed by atoms with E-state index in [2.05, 4.69) is 99.8 Å². The summed E-state index contributed by atoms with van der Waals surface area (Å²) < 4.78 is 16.5. The van der Waals surface area contributed by atoms with Gasteiger partial charge < -0.3 is 14.2 Å². The lowest BCUT2D eigenvalue weighted by Crippen LogP contribution is -2.30. The molecule has 0 saturated carbocycles. The Morgan fingerprint density at radius 2 is 0.882 bits per heavy atom. The van der Waals surface area contributed by atoms with E-state index in [-0.39, 0.29) is 37.5 Å². The van der Waals surface area contributed by atoms with Gasteiger partial charge in [-0.15, -0.1) is 0 Å². The highest BCUT2D eigenvalue weighted by Crippen LogP contribution is 2.10. The van der Waals surface area contributed by atoms with E-state index in [0.29, 0.717) is 25.7 Å². The number of rotatable bonds is 34. The Morgan fingerprint density at radius 1 is 0.431 bits per heavy atom. The van der Waals surface area contributed by atoms with Crippen LogP contribution in [0.2, 0.25) is 0 Å². The summed E-state index contributed by atoms with van der Waals surface area (Å²) in [5.74, 6) is -1.04. The van der Waals surface area contributed by atoms with Crippen molar-refractivity contribution in [2.24, 2.45) is 0 Å². The zero-order valence-electron chi connectivity index (χ0n) is 32.6. The van der Waals surface area contributed by atoms with Gasteiger partial charge in [-0.1, -0.05) is 144 Å². The Hall–Kier alpha value is -3.41. The number of allylic oxidation sites excluding steroid dienone is 14. The first kappa shape index (κ1) is 47.6. The van der Waals surface area contributed by atoms with Crippen molar-refractivity contribution in [3.63, 3.8) is 0 Å². The van der Waals surface area contributed by atoms with Crippen molar-refractivity contribution in [3.8, 4) is 0 Å². The summed E-state index contributed by atoms with van der Waals surface area (Å²) in [7, 11) is 0. The zero-order chi connectivity index (χ0) is 37.3. The fourth-order valence-corrected chi connectivity index (χ4v) is 4.94. The van der Waals surface area contributed by atoms with Gasteiger partial charge in [0.15, 0.2) is 6.10 Å². The number of carbonyl (C=O) groups excluding carboxylic acids is 3. The van der Waals surface area contributed by atoms with Gasteiger partial charge in [-0.25, -0.2) is 0 Å². The van der Waals surface area contributed by atoms with Gasteiger partial charge in [-0.05, 0) is 83.5 Å². The number of unbranched alkanes of at least 4 members (excludes halogenated alkanes) is 11. The average molecular weight is 709 g/mol. The molecule has 51 heavy (non-hydrogen) atoms. The molecule has 0 N–H and O–H groups in total. The van der Waals surface area contributed by atoms with E-state index in [4.69, 9.17) is 14.2 Å². The Balaban J connectivity index is 4.53. The third-order valence-corrected chi connectivity index (χ3v) is 7.93. The molecule has 0 heterocycles. The number of esters is 3. The molecule has 0 radical (unpaired) electrons. The minimum absolute atomic E-state index is 0.118. The first-order valence-electron chi connectivity index (χ1n) is 20.1. The molecule has 0 amide bonds. The topological polar surface area (TPSA) is 78.9 Å². The van der Waals surface area contributed by atoms with Gasteiger partial charge >= 0.3 is 17.9 Å². The molecule has 1 unspecified atom stereocenters. The van der Waals surface area contributed by atoms with Crippen molar-refractivity contribution in [2.75, 3.05) is 13.2 Å². The Labute approximate surface area is 312 Å². The van der Waals surface area contributed by atoms with Crippen LogP contribution in [0.4, 0.5) is 0 Å². The predicted molar refractivity (Wildman–Crippen MR) is 214 cm³/mol.